The van der Waals surface area contributed by atoms with Gasteiger partial charge < -0.3 is 5.11 Å². The van der Waals surface area contributed by atoms with Gasteiger partial charge in [0.2, 0.25) is 0 Å². The number of benzene rings is 1. The number of hydrogen-bond donors (Lipinski definition) is 1. The van der Waals surface area contributed by atoms with Crippen molar-refractivity contribution in [3.05, 3.63) is 33.9 Å². The Morgan fingerprint density at radius 3 is 2.63 bits per heavy atom. The second-order valence-corrected chi connectivity index (χ2v) is 5.02. The van der Waals surface area contributed by atoms with Crippen molar-refractivity contribution in [2.24, 2.45) is 5.92 Å². The minimum atomic E-state index is -0.690. The molecular weight excluding hydrogens is 246 g/mol. The average Bonchev–Trinajstić information content (AvgIpc) is 2.34. The Labute approximate surface area is 112 Å². The molecule has 19 heavy (non-hydrogen) atoms. The summed E-state index contributed by atoms with van der Waals surface area (Å²) in [7, 11) is 0. The molecular formula is C14H19NO4. The molecule has 0 unspecified atom stereocenters. The molecule has 0 bridgehead atoms. The van der Waals surface area contributed by atoms with E-state index in [4.69, 9.17) is 0 Å². The quantitative estimate of drug-likeness (QED) is 0.353. The minimum Gasteiger partial charge on any atom is -0.502 e. The third kappa shape index (κ3) is 4.69. The summed E-state index contributed by atoms with van der Waals surface area (Å²) in [6.07, 6.45) is 3.22. The van der Waals surface area contributed by atoms with Gasteiger partial charge in [0.15, 0.2) is 11.5 Å². The van der Waals surface area contributed by atoms with E-state index in [1.54, 1.807) is 0 Å². The van der Waals surface area contributed by atoms with Gasteiger partial charge in [-0.25, -0.2) is 0 Å². The normalized spacial score (nSPS) is 10.7. The first-order chi connectivity index (χ1) is 8.91. The highest BCUT2D eigenvalue weighted by atomic mass is 16.6. The van der Waals surface area contributed by atoms with E-state index >= 15 is 0 Å². The molecule has 0 heterocycles. The summed E-state index contributed by atoms with van der Waals surface area (Å²) < 4.78 is 0. The maximum atomic E-state index is 11.9. The second kappa shape index (κ2) is 6.87. The van der Waals surface area contributed by atoms with Gasteiger partial charge >= 0.3 is 5.69 Å². The first kappa shape index (κ1) is 15.1. The predicted octanol–water partition coefficient (Wildman–Crippen LogP) is 3.70. The fraction of sp³-hybridized carbons (Fsp3) is 0.500. The molecule has 0 fully saturated rings. The third-order valence-electron chi connectivity index (χ3n) is 2.93. The van der Waals surface area contributed by atoms with Crippen LogP contribution in [0.2, 0.25) is 0 Å². The Morgan fingerprint density at radius 1 is 1.37 bits per heavy atom. The zero-order chi connectivity index (χ0) is 14.4. The van der Waals surface area contributed by atoms with Crippen molar-refractivity contribution >= 4 is 11.5 Å². The fourth-order valence-electron chi connectivity index (χ4n) is 1.83. The smallest absolute Gasteiger partial charge is 0.311 e. The summed E-state index contributed by atoms with van der Waals surface area (Å²) in [5, 5.41) is 20.0. The average molecular weight is 265 g/mol. The Morgan fingerprint density at radius 2 is 2.05 bits per heavy atom. The van der Waals surface area contributed by atoms with Gasteiger partial charge in [0.25, 0.3) is 0 Å². The molecule has 0 aliphatic heterocycles. The molecule has 0 spiro atoms. The van der Waals surface area contributed by atoms with Gasteiger partial charge in [0.1, 0.15) is 0 Å². The van der Waals surface area contributed by atoms with Gasteiger partial charge in [0.05, 0.1) is 4.92 Å². The molecule has 0 saturated heterocycles. The van der Waals surface area contributed by atoms with E-state index in [2.05, 4.69) is 13.8 Å². The van der Waals surface area contributed by atoms with Crippen LogP contribution in [0, 0.1) is 16.0 Å². The van der Waals surface area contributed by atoms with Gasteiger partial charge in [-0.3, -0.25) is 14.9 Å². The number of phenols is 1. The van der Waals surface area contributed by atoms with E-state index < -0.39 is 16.4 Å². The lowest BCUT2D eigenvalue weighted by Gasteiger charge is -2.04. The van der Waals surface area contributed by atoms with E-state index in [0.29, 0.717) is 12.3 Å². The van der Waals surface area contributed by atoms with Gasteiger partial charge in [-0.1, -0.05) is 26.7 Å². The van der Waals surface area contributed by atoms with Crippen molar-refractivity contribution < 1.29 is 14.8 Å². The van der Waals surface area contributed by atoms with Gasteiger partial charge in [-0.2, -0.15) is 0 Å². The highest BCUT2D eigenvalue weighted by molar-refractivity contribution is 5.96. The predicted molar refractivity (Wildman–Crippen MR) is 72.4 cm³/mol. The highest BCUT2D eigenvalue weighted by Gasteiger charge is 2.16. The van der Waals surface area contributed by atoms with Crippen LogP contribution in [0.4, 0.5) is 5.69 Å². The highest BCUT2D eigenvalue weighted by Crippen LogP contribution is 2.27. The molecule has 0 amide bonds. The van der Waals surface area contributed by atoms with Crippen molar-refractivity contribution in [1.82, 2.24) is 0 Å². The number of unbranched alkanes of at least 4 members (excludes halogenated alkanes) is 1. The van der Waals surface area contributed by atoms with Crippen LogP contribution in [0.1, 0.15) is 49.9 Å². The van der Waals surface area contributed by atoms with Crippen molar-refractivity contribution in [2.45, 2.75) is 39.5 Å². The number of carbonyl (C=O) groups is 1. The number of hydrogen-bond acceptors (Lipinski definition) is 4. The molecule has 1 aromatic carbocycles. The SMILES string of the molecule is CC(C)CCCCC(=O)c1ccc(O)c([N+](=O)[O-])c1. The fourth-order valence-corrected chi connectivity index (χ4v) is 1.83. The summed E-state index contributed by atoms with van der Waals surface area (Å²) in [6.45, 7) is 4.26. The van der Waals surface area contributed by atoms with E-state index in [0.717, 1.165) is 25.3 Å². The number of rotatable bonds is 7. The molecule has 0 atom stereocenters. The lowest BCUT2D eigenvalue weighted by atomic mass is 10.0. The Balaban J connectivity index is 2.62. The molecule has 0 aromatic heterocycles. The Bertz CT molecular complexity index is 469. The van der Waals surface area contributed by atoms with Crippen LogP contribution in [-0.2, 0) is 0 Å². The van der Waals surface area contributed by atoms with Crippen LogP contribution in [-0.4, -0.2) is 15.8 Å². The summed E-state index contributed by atoms with van der Waals surface area (Å²) in [6, 6.07) is 3.76. The van der Waals surface area contributed by atoms with Crippen molar-refractivity contribution in [2.75, 3.05) is 0 Å². The molecule has 0 radical (unpaired) electrons. The Kier molecular flexibility index (Phi) is 5.48. The first-order valence-electron chi connectivity index (χ1n) is 6.42. The van der Waals surface area contributed by atoms with Gasteiger partial charge in [-0.15, -0.1) is 0 Å². The topological polar surface area (TPSA) is 80.4 Å². The molecule has 5 heteroatoms. The van der Waals surface area contributed by atoms with Crippen LogP contribution in [0.5, 0.6) is 5.75 Å². The maximum absolute atomic E-state index is 11.9. The number of Topliss-reactive ketones (excluding diaryl/α,β-unsaturated/α-hetero) is 1. The second-order valence-electron chi connectivity index (χ2n) is 5.02. The van der Waals surface area contributed by atoms with Crippen molar-refractivity contribution in [3.63, 3.8) is 0 Å². The molecule has 0 aliphatic rings. The lowest BCUT2D eigenvalue weighted by molar-refractivity contribution is -0.385. The van der Waals surface area contributed by atoms with E-state index in [1.165, 1.54) is 12.1 Å². The molecule has 104 valence electrons. The third-order valence-corrected chi connectivity index (χ3v) is 2.93. The van der Waals surface area contributed by atoms with Crippen LogP contribution < -0.4 is 0 Å². The maximum Gasteiger partial charge on any atom is 0.311 e. The summed E-state index contributed by atoms with van der Waals surface area (Å²) >= 11 is 0. The van der Waals surface area contributed by atoms with Gasteiger partial charge in [-0.05, 0) is 24.5 Å². The number of nitrogens with zero attached hydrogens (tertiary/aromatic N) is 1. The van der Waals surface area contributed by atoms with E-state index in [-0.39, 0.29) is 11.3 Å². The monoisotopic (exact) mass is 265 g/mol. The van der Waals surface area contributed by atoms with E-state index in [1.807, 2.05) is 0 Å². The van der Waals surface area contributed by atoms with Crippen LogP contribution in [0.3, 0.4) is 0 Å². The molecule has 0 aliphatic carbocycles. The zero-order valence-electron chi connectivity index (χ0n) is 11.3. The molecule has 1 rings (SSSR count). The Hall–Kier alpha value is -1.91. The summed E-state index contributed by atoms with van der Waals surface area (Å²) in [4.78, 5) is 21.8. The number of aromatic hydroxyl groups is 1. The summed E-state index contributed by atoms with van der Waals surface area (Å²) in [5.41, 5.74) is -0.137. The largest absolute Gasteiger partial charge is 0.502 e. The standard InChI is InChI=1S/C14H19NO4/c1-10(2)5-3-4-6-13(16)11-7-8-14(17)12(9-11)15(18)19/h7-10,17H,3-6H2,1-2H3. The number of carbonyl (C=O) groups excluding carboxylic acids is 1. The molecule has 1 N–H and O–H groups in total. The van der Waals surface area contributed by atoms with Crippen molar-refractivity contribution in [1.29, 1.82) is 0 Å². The van der Waals surface area contributed by atoms with Crippen LogP contribution in [0.25, 0.3) is 0 Å². The number of ketones is 1. The van der Waals surface area contributed by atoms with Crippen LogP contribution >= 0.6 is 0 Å². The minimum absolute atomic E-state index is 0.119. The molecule has 0 saturated carbocycles. The lowest BCUT2D eigenvalue weighted by Crippen LogP contribution is -2.01. The van der Waals surface area contributed by atoms with Crippen molar-refractivity contribution in [3.8, 4) is 5.75 Å². The summed E-state index contributed by atoms with van der Waals surface area (Å²) in [5.74, 6) is 0.0816. The first-order valence-corrected chi connectivity index (χ1v) is 6.42. The van der Waals surface area contributed by atoms with Crippen LogP contribution in [0.15, 0.2) is 18.2 Å². The number of nitro groups is 1. The number of nitro benzene ring substituents is 1. The zero-order valence-corrected chi connectivity index (χ0v) is 11.3. The number of phenolic OH excluding ortho intramolecular Hbond substituents is 1. The molecule has 5 nitrogen and oxygen atoms in total. The van der Waals surface area contributed by atoms with E-state index in [9.17, 15) is 20.0 Å². The van der Waals surface area contributed by atoms with Gasteiger partial charge in [0, 0.05) is 18.1 Å². The molecule has 1 aromatic rings.